The molecule has 0 unspecified atom stereocenters. The number of halogens is 3. The molecule has 5 nitrogen and oxygen atoms in total. The molecule has 0 aliphatic heterocycles. The molecule has 25 heavy (non-hydrogen) atoms. The highest BCUT2D eigenvalue weighted by molar-refractivity contribution is 8.13. The van der Waals surface area contributed by atoms with E-state index < -0.39 is 17.5 Å². The first-order valence-electron chi connectivity index (χ1n) is 6.78. The van der Waals surface area contributed by atoms with E-state index in [0.717, 1.165) is 12.1 Å². The zero-order chi connectivity index (χ0) is 18.4. The van der Waals surface area contributed by atoms with Gasteiger partial charge in [-0.1, -0.05) is 23.4 Å². The molecule has 0 spiro atoms. The van der Waals surface area contributed by atoms with Gasteiger partial charge < -0.3 is 5.32 Å². The molecule has 2 N–H and O–H groups in total. The van der Waals surface area contributed by atoms with Crippen LogP contribution in [0, 0.1) is 23.1 Å². The molecule has 2 rings (SSSR count). The van der Waals surface area contributed by atoms with Crippen LogP contribution in [0.5, 0.6) is 0 Å². The van der Waals surface area contributed by atoms with Gasteiger partial charge in [-0.25, -0.2) is 13.8 Å². The van der Waals surface area contributed by atoms with E-state index in [9.17, 15) is 13.6 Å². The van der Waals surface area contributed by atoms with Gasteiger partial charge in [-0.3, -0.25) is 10.1 Å². The molecule has 2 aromatic rings. The van der Waals surface area contributed by atoms with Crippen LogP contribution in [0.4, 0.5) is 20.2 Å². The summed E-state index contributed by atoms with van der Waals surface area (Å²) in [5.74, 6) is -2.95. The molecule has 0 bridgehead atoms. The maximum absolute atomic E-state index is 13.3. The Kier molecular flexibility index (Phi) is 6.33. The second-order valence-electron chi connectivity index (χ2n) is 4.61. The van der Waals surface area contributed by atoms with Crippen molar-refractivity contribution in [2.24, 2.45) is 4.99 Å². The standard InChI is InChI=1S/C16H11ClF2N4OS/c1-25-16(21-8-20)23-10-4-2-9(3-5-10)22-15(24)11-6-13(18)14(19)7-12(11)17/h2-7H,1H3,(H,21,23)(H,22,24). The minimum Gasteiger partial charge on any atom is -0.322 e. The molecule has 2 aromatic carbocycles. The number of amides is 1. The van der Waals surface area contributed by atoms with Crippen molar-refractivity contribution in [2.45, 2.75) is 0 Å². The van der Waals surface area contributed by atoms with Crippen molar-refractivity contribution in [1.82, 2.24) is 5.32 Å². The number of hydrogen-bond acceptors (Lipinski definition) is 4. The molecular formula is C16H11ClF2N4OS. The van der Waals surface area contributed by atoms with Gasteiger partial charge in [0.05, 0.1) is 16.3 Å². The van der Waals surface area contributed by atoms with Crippen LogP contribution in [0.15, 0.2) is 41.4 Å². The molecule has 0 heterocycles. The molecule has 0 aliphatic carbocycles. The van der Waals surface area contributed by atoms with Crippen molar-refractivity contribution in [3.63, 3.8) is 0 Å². The van der Waals surface area contributed by atoms with Gasteiger partial charge in [0.2, 0.25) is 0 Å². The molecular weight excluding hydrogens is 370 g/mol. The third-order valence-electron chi connectivity index (χ3n) is 2.97. The lowest BCUT2D eigenvalue weighted by Gasteiger charge is -2.08. The lowest BCUT2D eigenvalue weighted by molar-refractivity contribution is 0.102. The van der Waals surface area contributed by atoms with Crippen LogP contribution >= 0.6 is 23.4 Å². The van der Waals surface area contributed by atoms with E-state index in [-0.39, 0.29) is 10.6 Å². The van der Waals surface area contributed by atoms with Gasteiger partial charge >= 0.3 is 0 Å². The number of aliphatic imine (C=N–C) groups is 1. The Morgan fingerprint density at radius 2 is 1.88 bits per heavy atom. The molecule has 0 radical (unpaired) electrons. The van der Waals surface area contributed by atoms with Gasteiger partial charge in [-0.2, -0.15) is 5.26 Å². The van der Waals surface area contributed by atoms with Crippen LogP contribution in [0.3, 0.4) is 0 Å². The van der Waals surface area contributed by atoms with Crippen molar-refractivity contribution in [3.8, 4) is 6.19 Å². The first-order valence-corrected chi connectivity index (χ1v) is 8.38. The molecule has 0 atom stereocenters. The van der Waals surface area contributed by atoms with Crippen molar-refractivity contribution in [2.75, 3.05) is 11.6 Å². The maximum atomic E-state index is 13.3. The van der Waals surface area contributed by atoms with Gasteiger partial charge in [-0.05, 0) is 42.7 Å². The predicted octanol–water partition coefficient (Wildman–Crippen LogP) is 4.29. The largest absolute Gasteiger partial charge is 0.322 e. The first kappa shape index (κ1) is 18.7. The van der Waals surface area contributed by atoms with Gasteiger partial charge in [0.25, 0.3) is 5.91 Å². The highest BCUT2D eigenvalue weighted by Crippen LogP contribution is 2.22. The number of rotatable bonds is 3. The van der Waals surface area contributed by atoms with Crippen LogP contribution in [-0.2, 0) is 0 Å². The van der Waals surface area contributed by atoms with E-state index in [0.29, 0.717) is 16.5 Å². The quantitative estimate of drug-likeness (QED) is 0.274. The number of benzene rings is 2. The summed E-state index contributed by atoms with van der Waals surface area (Å²) in [5, 5.41) is 13.8. The fourth-order valence-corrected chi connectivity index (χ4v) is 2.38. The predicted molar refractivity (Wildman–Crippen MR) is 95.1 cm³/mol. The molecule has 128 valence electrons. The van der Waals surface area contributed by atoms with Crippen molar-refractivity contribution in [1.29, 1.82) is 5.26 Å². The third kappa shape index (κ3) is 4.92. The topological polar surface area (TPSA) is 77.3 Å². The molecule has 0 aliphatic rings. The molecule has 0 fully saturated rings. The van der Waals surface area contributed by atoms with Gasteiger partial charge in [0, 0.05) is 5.69 Å². The van der Waals surface area contributed by atoms with E-state index in [1.54, 1.807) is 36.7 Å². The van der Waals surface area contributed by atoms with Crippen LogP contribution in [-0.4, -0.2) is 17.3 Å². The first-order chi connectivity index (χ1) is 11.9. The molecule has 0 aromatic heterocycles. The Morgan fingerprint density at radius 3 is 2.48 bits per heavy atom. The van der Waals surface area contributed by atoms with Gasteiger partial charge in [0.15, 0.2) is 23.0 Å². The number of hydrogen-bond donors (Lipinski definition) is 2. The zero-order valence-corrected chi connectivity index (χ0v) is 14.4. The molecule has 9 heteroatoms. The van der Waals surface area contributed by atoms with Crippen molar-refractivity contribution < 1.29 is 13.6 Å². The number of carbonyl (C=O) groups is 1. The SMILES string of the molecule is CSC(=Nc1ccc(NC(=O)c2cc(F)c(F)cc2Cl)cc1)NC#N. The Balaban J connectivity index is 2.15. The lowest BCUT2D eigenvalue weighted by Crippen LogP contribution is -2.13. The Morgan fingerprint density at radius 1 is 1.24 bits per heavy atom. The minimum absolute atomic E-state index is 0.175. The molecule has 0 saturated carbocycles. The molecule has 0 saturated heterocycles. The smallest absolute Gasteiger partial charge is 0.257 e. The van der Waals surface area contributed by atoms with E-state index in [1.807, 2.05) is 0 Å². The minimum atomic E-state index is -1.16. The fraction of sp³-hybridized carbons (Fsp3) is 0.0625. The summed E-state index contributed by atoms with van der Waals surface area (Å²) in [6, 6.07) is 7.89. The summed E-state index contributed by atoms with van der Waals surface area (Å²) in [7, 11) is 0. The van der Waals surface area contributed by atoms with Crippen LogP contribution in [0.25, 0.3) is 0 Å². The van der Waals surface area contributed by atoms with Crippen LogP contribution in [0.1, 0.15) is 10.4 Å². The number of anilines is 1. The number of nitrogens with zero attached hydrogens (tertiary/aromatic N) is 2. The lowest BCUT2D eigenvalue weighted by atomic mass is 10.2. The number of nitriles is 1. The molecule has 1 amide bonds. The number of amidine groups is 1. The van der Waals surface area contributed by atoms with Crippen molar-refractivity contribution in [3.05, 3.63) is 58.6 Å². The third-order valence-corrected chi connectivity index (χ3v) is 3.86. The average Bonchev–Trinajstić information content (AvgIpc) is 2.59. The maximum Gasteiger partial charge on any atom is 0.257 e. The summed E-state index contributed by atoms with van der Waals surface area (Å²) in [6.45, 7) is 0. The highest BCUT2D eigenvalue weighted by atomic mass is 35.5. The second-order valence-corrected chi connectivity index (χ2v) is 5.81. The number of carbonyl (C=O) groups excluding carboxylic acids is 1. The fourth-order valence-electron chi connectivity index (χ4n) is 1.80. The summed E-state index contributed by atoms with van der Waals surface area (Å²) in [6.07, 6.45) is 3.55. The van der Waals surface area contributed by atoms with E-state index in [4.69, 9.17) is 16.9 Å². The number of nitrogens with one attached hydrogen (secondary N) is 2. The highest BCUT2D eigenvalue weighted by Gasteiger charge is 2.15. The Hall–Kier alpha value is -2.63. The Bertz CT molecular complexity index is 866. The average molecular weight is 381 g/mol. The van der Waals surface area contributed by atoms with E-state index in [1.165, 1.54) is 11.8 Å². The number of thioether (sulfide) groups is 1. The second kappa shape index (κ2) is 8.46. The van der Waals surface area contributed by atoms with Crippen molar-refractivity contribution >= 4 is 45.8 Å². The summed E-state index contributed by atoms with van der Waals surface area (Å²) in [5.41, 5.74) is 0.810. The summed E-state index contributed by atoms with van der Waals surface area (Å²) >= 11 is 7.04. The van der Waals surface area contributed by atoms with E-state index in [2.05, 4.69) is 15.6 Å². The Labute approximate surface area is 151 Å². The van der Waals surface area contributed by atoms with Gasteiger partial charge in [-0.15, -0.1) is 0 Å². The normalized spacial score (nSPS) is 10.9. The summed E-state index contributed by atoms with van der Waals surface area (Å²) < 4.78 is 26.3. The monoisotopic (exact) mass is 380 g/mol. The summed E-state index contributed by atoms with van der Waals surface area (Å²) in [4.78, 5) is 16.3. The van der Waals surface area contributed by atoms with Crippen LogP contribution in [0.2, 0.25) is 5.02 Å². The van der Waals surface area contributed by atoms with Crippen LogP contribution < -0.4 is 10.6 Å². The van der Waals surface area contributed by atoms with Gasteiger partial charge in [0.1, 0.15) is 0 Å². The van der Waals surface area contributed by atoms with E-state index >= 15 is 0 Å². The zero-order valence-electron chi connectivity index (χ0n) is 12.8.